The maximum absolute atomic E-state index is 13.5. The molecule has 1 aromatic rings. The van der Waals surface area contributed by atoms with E-state index in [0.29, 0.717) is 16.8 Å². The molecule has 0 saturated carbocycles. The lowest BCUT2D eigenvalue weighted by Gasteiger charge is -2.31. The summed E-state index contributed by atoms with van der Waals surface area (Å²) in [7, 11) is 1.76. The molecule has 2 amide bonds. The molecule has 1 aromatic carbocycles. The molecule has 0 fully saturated rings. The van der Waals surface area contributed by atoms with Gasteiger partial charge in [-0.25, -0.2) is 18.4 Å². The molecule has 0 bridgehead atoms. The van der Waals surface area contributed by atoms with Crippen molar-refractivity contribution in [1.82, 2.24) is 15.5 Å². The smallest absolute Gasteiger partial charge is 0.337 e. The van der Waals surface area contributed by atoms with Gasteiger partial charge in [0, 0.05) is 18.3 Å². The van der Waals surface area contributed by atoms with Crippen molar-refractivity contribution in [2.24, 2.45) is 0 Å². The number of likely N-dealkylation sites (N-methyl/N-ethyl adjacent to an activating group) is 1. The summed E-state index contributed by atoms with van der Waals surface area (Å²) in [5, 5.41) is 5.27. The lowest BCUT2D eigenvalue weighted by Crippen LogP contribution is -2.51. The number of nitrogens with one attached hydrogen (secondary N) is 2. The first-order chi connectivity index (χ1) is 12.2. The summed E-state index contributed by atoms with van der Waals surface area (Å²) in [6.07, 6.45) is 0. The number of carbonyl (C=O) groups excluding carboxylic acids is 2. The summed E-state index contributed by atoms with van der Waals surface area (Å²) in [5.74, 6) is -2.33. The van der Waals surface area contributed by atoms with E-state index in [1.807, 2.05) is 11.8 Å². The molecule has 2 rings (SSSR count). The molecule has 0 spiro atoms. The third kappa shape index (κ3) is 4.37. The summed E-state index contributed by atoms with van der Waals surface area (Å²) in [6, 6.07) is 2.54. The second-order valence-corrected chi connectivity index (χ2v) is 6.20. The molecule has 6 nitrogen and oxygen atoms in total. The van der Waals surface area contributed by atoms with Crippen molar-refractivity contribution in [2.75, 3.05) is 20.2 Å². The SMILES string of the molecule is CCOC(=O)C1=C(CN(C)[C@H](C)c2ccc(F)c(F)c2)NC(=O)N[C@H]1C. The average Bonchev–Trinajstić information content (AvgIpc) is 2.56. The zero-order chi connectivity index (χ0) is 19.4. The number of hydrogen-bond donors (Lipinski definition) is 2. The first-order valence-electron chi connectivity index (χ1n) is 8.37. The van der Waals surface area contributed by atoms with Crippen molar-refractivity contribution < 1.29 is 23.1 Å². The van der Waals surface area contributed by atoms with Crippen LogP contribution in [0.4, 0.5) is 13.6 Å². The minimum Gasteiger partial charge on any atom is -0.463 e. The fraction of sp³-hybridized carbons (Fsp3) is 0.444. The van der Waals surface area contributed by atoms with Gasteiger partial charge in [0.15, 0.2) is 11.6 Å². The number of esters is 1. The molecule has 0 radical (unpaired) electrons. The van der Waals surface area contributed by atoms with E-state index in [0.717, 1.165) is 12.1 Å². The van der Waals surface area contributed by atoms with E-state index in [2.05, 4.69) is 10.6 Å². The Morgan fingerprint density at radius 2 is 2.04 bits per heavy atom. The van der Waals surface area contributed by atoms with Crippen LogP contribution in [0.15, 0.2) is 29.5 Å². The number of amides is 2. The molecule has 0 aliphatic carbocycles. The summed E-state index contributed by atoms with van der Waals surface area (Å²) in [4.78, 5) is 25.9. The highest BCUT2D eigenvalue weighted by atomic mass is 19.2. The maximum atomic E-state index is 13.5. The topological polar surface area (TPSA) is 70.7 Å². The monoisotopic (exact) mass is 367 g/mol. The molecule has 2 atom stereocenters. The van der Waals surface area contributed by atoms with E-state index in [1.54, 1.807) is 20.9 Å². The normalized spacial score (nSPS) is 18.4. The number of urea groups is 1. The van der Waals surface area contributed by atoms with Gasteiger partial charge in [-0.3, -0.25) is 4.90 Å². The summed E-state index contributed by atoms with van der Waals surface area (Å²) < 4.78 is 31.7. The van der Waals surface area contributed by atoms with Crippen LogP contribution in [-0.4, -0.2) is 43.1 Å². The first-order valence-corrected chi connectivity index (χ1v) is 8.37. The van der Waals surface area contributed by atoms with Gasteiger partial charge in [0.05, 0.1) is 18.2 Å². The van der Waals surface area contributed by atoms with E-state index in [-0.39, 0.29) is 19.2 Å². The van der Waals surface area contributed by atoms with Gasteiger partial charge in [-0.1, -0.05) is 6.07 Å². The Hall–Kier alpha value is -2.48. The summed E-state index contributed by atoms with van der Waals surface area (Å²) in [5.41, 5.74) is 1.35. The van der Waals surface area contributed by atoms with E-state index in [4.69, 9.17) is 4.74 Å². The minimum atomic E-state index is -0.919. The van der Waals surface area contributed by atoms with Crippen LogP contribution in [0.2, 0.25) is 0 Å². The molecule has 8 heteroatoms. The standard InChI is InChI=1S/C18H23F2N3O3/c1-5-26-17(24)16-10(2)21-18(25)22-15(16)9-23(4)11(3)12-6-7-13(19)14(20)8-12/h6-8,10-11H,5,9H2,1-4H3,(H2,21,22,25)/t10-,11+/m0/s1. The number of benzene rings is 1. The number of carbonyl (C=O) groups is 2. The molecule has 0 saturated heterocycles. The van der Waals surface area contributed by atoms with Gasteiger partial charge in [0.1, 0.15) is 0 Å². The van der Waals surface area contributed by atoms with E-state index >= 15 is 0 Å². The average molecular weight is 367 g/mol. The van der Waals surface area contributed by atoms with Crippen LogP contribution in [-0.2, 0) is 9.53 Å². The molecule has 0 unspecified atom stereocenters. The fourth-order valence-electron chi connectivity index (χ4n) is 2.82. The Morgan fingerprint density at radius 1 is 1.35 bits per heavy atom. The van der Waals surface area contributed by atoms with Crippen LogP contribution in [0, 0.1) is 11.6 Å². The van der Waals surface area contributed by atoms with Crippen LogP contribution >= 0.6 is 0 Å². The summed E-state index contributed by atoms with van der Waals surface area (Å²) >= 11 is 0. The van der Waals surface area contributed by atoms with Gasteiger partial charge >= 0.3 is 12.0 Å². The molecule has 1 aliphatic rings. The lowest BCUT2D eigenvalue weighted by molar-refractivity contribution is -0.139. The van der Waals surface area contributed by atoms with Crippen molar-refractivity contribution >= 4 is 12.0 Å². The largest absolute Gasteiger partial charge is 0.463 e. The number of rotatable bonds is 6. The Morgan fingerprint density at radius 3 is 2.65 bits per heavy atom. The number of halogens is 2. The predicted molar refractivity (Wildman–Crippen MR) is 92.2 cm³/mol. The second kappa shape index (κ2) is 8.27. The van der Waals surface area contributed by atoms with Crippen molar-refractivity contribution in [1.29, 1.82) is 0 Å². The third-order valence-corrected chi connectivity index (χ3v) is 4.36. The molecule has 26 heavy (non-hydrogen) atoms. The van der Waals surface area contributed by atoms with E-state index in [9.17, 15) is 18.4 Å². The minimum absolute atomic E-state index is 0.220. The Bertz CT molecular complexity index is 736. The fourth-order valence-corrected chi connectivity index (χ4v) is 2.82. The zero-order valence-corrected chi connectivity index (χ0v) is 15.2. The van der Waals surface area contributed by atoms with Gasteiger partial charge in [0.2, 0.25) is 0 Å². The van der Waals surface area contributed by atoms with Gasteiger partial charge in [-0.05, 0) is 45.5 Å². The highest BCUT2D eigenvalue weighted by molar-refractivity contribution is 5.94. The Kier molecular flexibility index (Phi) is 6.31. The molecule has 2 N–H and O–H groups in total. The first kappa shape index (κ1) is 19.8. The van der Waals surface area contributed by atoms with Crippen LogP contribution in [0.25, 0.3) is 0 Å². The Balaban J connectivity index is 2.26. The second-order valence-electron chi connectivity index (χ2n) is 6.20. The van der Waals surface area contributed by atoms with Crippen LogP contribution in [0.1, 0.15) is 32.4 Å². The van der Waals surface area contributed by atoms with Gasteiger partial charge in [-0.2, -0.15) is 0 Å². The quantitative estimate of drug-likeness (QED) is 0.758. The highest BCUT2D eigenvalue weighted by Gasteiger charge is 2.30. The van der Waals surface area contributed by atoms with Gasteiger partial charge in [-0.15, -0.1) is 0 Å². The Labute approximate surface area is 151 Å². The van der Waals surface area contributed by atoms with Crippen LogP contribution < -0.4 is 10.6 Å². The molecular weight excluding hydrogens is 344 g/mol. The predicted octanol–water partition coefficient (Wildman–Crippen LogP) is 2.48. The van der Waals surface area contributed by atoms with Gasteiger partial charge in [0.25, 0.3) is 0 Å². The molecular formula is C18H23F2N3O3. The van der Waals surface area contributed by atoms with Crippen molar-refractivity contribution in [3.05, 3.63) is 46.7 Å². The van der Waals surface area contributed by atoms with Crippen LogP contribution in [0.3, 0.4) is 0 Å². The number of nitrogens with zero attached hydrogens (tertiary/aromatic N) is 1. The zero-order valence-electron chi connectivity index (χ0n) is 15.2. The third-order valence-electron chi connectivity index (χ3n) is 4.36. The molecule has 1 heterocycles. The van der Waals surface area contributed by atoms with Crippen molar-refractivity contribution in [3.8, 4) is 0 Å². The summed E-state index contributed by atoms with van der Waals surface area (Å²) in [6.45, 7) is 5.67. The van der Waals surface area contributed by atoms with Gasteiger partial charge < -0.3 is 15.4 Å². The van der Waals surface area contributed by atoms with Crippen molar-refractivity contribution in [3.63, 3.8) is 0 Å². The molecule has 142 valence electrons. The lowest BCUT2D eigenvalue weighted by atomic mass is 10.0. The highest BCUT2D eigenvalue weighted by Crippen LogP contribution is 2.23. The maximum Gasteiger partial charge on any atom is 0.337 e. The van der Waals surface area contributed by atoms with Crippen LogP contribution in [0.5, 0.6) is 0 Å². The number of ether oxygens (including phenoxy) is 1. The van der Waals surface area contributed by atoms with Crippen molar-refractivity contribution in [2.45, 2.75) is 32.9 Å². The van der Waals surface area contributed by atoms with E-state index < -0.39 is 29.7 Å². The number of hydrogen-bond acceptors (Lipinski definition) is 4. The molecule has 0 aromatic heterocycles. The molecule has 1 aliphatic heterocycles. The van der Waals surface area contributed by atoms with E-state index in [1.165, 1.54) is 6.07 Å².